The molecule has 1 aromatic carbocycles. The molecule has 1 aromatic rings. The molecule has 0 aliphatic carbocycles. The van der Waals surface area contributed by atoms with E-state index in [2.05, 4.69) is 17.1 Å². The van der Waals surface area contributed by atoms with E-state index in [0.717, 1.165) is 25.1 Å². The number of hydrogen-bond donors (Lipinski definition) is 1. The summed E-state index contributed by atoms with van der Waals surface area (Å²) in [7, 11) is 0. The molecule has 152 valence electrons. The van der Waals surface area contributed by atoms with E-state index in [1.807, 2.05) is 24.3 Å². The lowest BCUT2D eigenvalue weighted by molar-refractivity contribution is 0.148. The lowest BCUT2D eigenvalue weighted by Gasteiger charge is -2.26. The van der Waals surface area contributed by atoms with E-state index in [4.69, 9.17) is 9.47 Å². The van der Waals surface area contributed by atoms with Crippen molar-refractivity contribution in [3.8, 4) is 5.75 Å². The Bertz CT molecular complexity index is 530. The van der Waals surface area contributed by atoms with E-state index in [9.17, 15) is 4.79 Å². The number of rotatable bonds is 12. The van der Waals surface area contributed by atoms with Crippen LogP contribution in [0.15, 0.2) is 24.3 Å². The van der Waals surface area contributed by atoms with Gasteiger partial charge in [0, 0.05) is 18.3 Å². The molecule has 0 aromatic heterocycles. The van der Waals surface area contributed by atoms with Crippen molar-refractivity contribution in [1.82, 2.24) is 4.90 Å². The summed E-state index contributed by atoms with van der Waals surface area (Å²) in [5, 5.41) is 2.78. The van der Waals surface area contributed by atoms with Crippen molar-refractivity contribution in [1.29, 1.82) is 0 Å². The zero-order valence-corrected chi connectivity index (χ0v) is 16.9. The van der Waals surface area contributed by atoms with Gasteiger partial charge >= 0.3 is 6.09 Å². The molecular formula is C22H36N2O3. The maximum Gasteiger partial charge on any atom is 0.411 e. The number of benzene rings is 1. The second kappa shape index (κ2) is 13.4. The summed E-state index contributed by atoms with van der Waals surface area (Å²) in [6.07, 6.45) is 10.5. The SMILES string of the molecule is CCCCCCCOc1cccc(NC(=O)OCCCN2CCCCC2)c1. The number of nitrogens with one attached hydrogen (secondary N) is 1. The summed E-state index contributed by atoms with van der Waals surface area (Å²) in [5.74, 6) is 0.786. The molecule has 1 heterocycles. The molecule has 5 nitrogen and oxygen atoms in total. The van der Waals surface area contributed by atoms with Gasteiger partial charge in [-0.1, -0.05) is 45.1 Å². The first-order valence-electron chi connectivity index (χ1n) is 10.7. The van der Waals surface area contributed by atoms with Gasteiger partial charge in [-0.15, -0.1) is 0 Å². The number of nitrogens with zero attached hydrogens (tertiary/aromatic N) is 1. The quantitative estimate of drug-likeness (QED) is 0.492. The molecule has 1 amide bonds. The molecule has 1 aliphatic heterocycles. The Morgan fingerprint density at radius 2 is 1.85 bits per heavy atom. The third-order valence-electron chi connectivity index (χ3n) is 4.90. The van der Waals surface area contributed by atoms with Crippen molar-refractivity contribution in [2.45, 2.75) is 64.7 Å². The molecule has 27 heavy (non-hydrogen) atoms. The van der Waals surface area contributed by atoms with Crippen LogP contribution in [0.25, 0.3) is 0 Å². The van der Waals surface area contributed by atoms with Crippen molar-refractivity contribution >= 4 is 11.8 Å². The molecule has 2 rings (SSSR count). The fraction of sp³-hybridized carbons (Fsp3) is 0.682. The highest BCUT2D eigenvalue weighted by atomic mass is 16.5. The van der Waals surface area contributed by atoms with Crippen LogP contribution in [-0.4, -0.2) is 43.8 Å². The Morgan fingerprint density at radius 1 is 1.04 bits per heavy atom. The first kappa shape index (κ1) is 21.5. The van der Waals surface area contributed by atoms with Crippen LogP contribution < -0.4 is 10.1 Å². The van der Waals surface area contributed by atoms with Gasteiger partial charge in [0.2, 0.25) is 0 Å². The number of unbranched alkanes of at least 4 members (excludes halogenated alkanes) is 4. The fourth-order valence-electron chi connectivity index (χ4n) is 3.35. The highest BCUT2D eigenvalue weighted by Gasteiger charge is 2.10. The Balaban J connectivity index is 1.59. The van der Waals surface area contributed by atoms with E-state index >= 15 is 0 Å². The number of anilines is 1. The Morgan fingerprint density at radius 3 is 2.67 bits per heavy atom. The smallest absolute Gasteiger partial charge is 0.411 e. The first-order chi connectivity index (χ1) is 13.3. The second-order valence-electron chi connectivity index (χ2n) is 7.31. The number of amides is 1. The molecule has 1 N–H and O–H groups in total. The van der Waals surface area contributed by atoms with Crippen LogP contribution in [0.4, 0.5) is 10.5 Å². The van der Waals surface area contributed by atoms with Crippen LogP contribution >= 0.6 is 0 Å². The molecule has 0 spiro atoms. The van der Waals surface area contributed by atoms with Crippen molar-refractivity contribution in [2.24, 2.45) is 0 Å². The highest BCUT2D eigenvalue weighted by molar-refractivity contribution is 5.84. The van der Waals surface area contributed by atoms with Gasteiger partial charge in [-0.05, 0) is 50.9 Å². The number of ether oxygens (including phenoxy) is 2. The van der Waals surface area contributed by atoms with E-state index in [1.165, 1.54) is 58.0 Å². The normalized spacial score (nSPS) is 14.7. The second-order valence-corrected chi connectivity index (χ2v) is 7.31. The molecule has 0 saturated carbocycles. The predicted octanol–water partition coefficient (Wildman–Crippen LogP) is 5.46. The number of piperidine rings is 1. The molecule has 1 fully saturated rings. The van der Waals surface area contributed by atoms with Gasteiger partial charge in [-0.2, -0.15) is 0 Å². The molecule has 1 saturated heterocycles. The largest absolute Gasteiger partial charge is 0.494 e. The summed E-state index contributed by atoms with van der Waals surface area (Å²) >= 11 is 0. The third kappa shape index (κ3) is 9.66. The molecule has 0 unspecified atom stereocenters. The van der Waals surface area contributed by atoms with Crippen molar-refractivity contribution in [3.63, 3.8) is 0 Å². The van der Waals surface area contributed by atoms with Gasteiger partial charge in [0.15, 0.2) is 0 Å². The van der Waals surface area contributed by atoms with Gasteiger partial charge in [0.05, 0.1) is 13.2 Å². The van der Waals surface area contributed by atoms with Crippen LogP contribution in [-0.2, 0) is 4.74 Å². The van der Waals surface area contributed by atoms with Crippen molar-refractivity contribution in [3.05, 3.63) is 24.3 Å². The first-order valence-corrected chi connectivity index (χ1v) is 10.7. The summed E-state index contributed by atoms with van der Waals surface area (Å²) in [5.41, 5.74) is 0.708. The van der Waals surface area contributed by atoms with Crippen LogP contribution in [0.2, 0.25) is 0 Å². The molecule has 0 atom stereocenters. The number of carbonyl (C=O) groups is 1. The standard InChI is InChI=1S/C22H36N2O3/c1-2-3-4-5-9-17-26-21-13-10-12-20(19-21)23-22(25)27-18-11-16-24-14-7-6-8-15-24/h10,12-13,19H,2-9,11,14-18H2,1H3,(H,23,25). The van der Waals surface area contributed by atoms with Gasteiger partial charge in [0.1, 0.15) is 5.75 Å². The van der Waals surface area contributed by atoms with Gasteiger partial charge in [-0.25, -0.2) is 4.79 Å². The molecule has 5 heteroatoms. The lowest BCUT2D eigenvalue weighted by atomic mass is 10.1. The average molecular weight is 377 g/mol. The minimum Gasteiger partial charge on any atom is -0.494 e. The van der Waals surface area contributed by atoms with Crippen LogP contribution in [0.3, 0.4) is 0 Å². The third-order valence-corrected chi connectivity index (χ3v) is 4.90. The van der Waals surface area contributed by atoms with Gasteiger partial charge in [-0.3, -0.25) is 5.32 Å². The van der Waals surface area contributed by atoms with Crippen LogP contribution in [0.1, 0.15) is 64.7 Å². The topological polar surface area (TPSA) is 50.8 Å². The fourth-order valence-corrected chi connectivity index (χ4v) is 3.35. The van der Waals surface area contributed by atoms with E-state index in [-0.39, 0.29) is 0 Å². The predicted molar refractivity (Wildman–Crippen MR) is 111 cm³/mol. The number of carbonyl (C=O) groups excluding carboxylic acids is 1. The molecule has 0 bridgehead atoms. The highest BCUT2D eigenvalue weighted by Crippen LogP contribution is 2.18. The molecular weight excluding hydrogens is 340 g/mol. The molecule has 1 aliphatic rings. The van der Waals surface area contributed by atoms with Crippen molar-refractivity contribution in [2.75, 3.05) is 38.2 Å². The van der Waals surface area contributed by atoms with Gasteiger partial charge < -0.3 is 14.4 Å². The minimum atomic E-state index is -0.398. The maximum absolute atomic E-state index is 11.9. The summed E-state index contributed by atoms with van der Waals surface area (Å²) in [4.78, 5) is 14.4. The molecule has 0 radical (unpaired) electrons. The number of likely N-dealkylation sites (tertiary alicyclic amines) is 1. The minimum absolute atomic E-state index is 0.398. The van der Waals surface area contributed by atoms with Crippen LogP contribution in [0, 0.1) is 0 Å². The van der Waals surface area contributed by atoms with Gasteiger partial charge in [0.25, 0.3) is 0 Å². The van der Waals surface area contributed by atoms with E-state index < -0.39 is 6.09 Å². The number of hydrogen-bond acceptors (Lipinski definition) is 4. The monoisotopic (exact) mass is 376 g/mol. The Kier molecular flexibility index (Phi) is 10.7. The zero-order chi connectivity index (χ0) is 19.2. The van der Waals surface area contributed by atoms with Crippen LogP contribution in [0.5, 0.6) is 5.75 Å². The Hall–Kier alpha value is -1.75. The van der Waals surface area contributed by atoms with Crippen molar-refractivity contribution < 1.29 is 14.3 Å². The average Bonchev–Trinajstić information content (AvgIpc) is 2.69. The summed E-state index contributed by atoms with van der Waals surface area (Å²) in [6.45, 7) is 6.75. The van der Waals surface area contributed by atoms with E-state index in [0.29, 0.717) is 18.9 Å². The Labute approximate surface area is 164 Å². The zero-order valence-electron chi connectivity index (χ0n) is 16.9. The van der Waals surface area contributed by atoms with E-state index in [1.54, 1.807) is 0 Å². The summed E-state index contributed by atoms with van der Waals surface area (Å²) < 4.78 is 11.1. The summed E-state index contributed by atoms with van der Waals surface area (Å²) in [6, 6.07) is 7.50. The lowest BCUT2D eigenvalue weighted by Crippen LogP contribution is -2.31. The maximum atomic E-state index is 11.9.